The smallest absolute Gasteiger partial charge is 0.295 e. The molecular weight excluding hydrogens is 450 g/mol. The van der Waals surface area contributed by atoms with Crippen LogP contribution >= 0.6 is 11.6 Å². The van der Waals surface area contributed by atoms with E-state index in [0.29, 0.717) is 29.1 Å². The van der Waals surface area contributed by atoms with Gasteiger partial charge in [-0.25, -0.2) is 0 Å². The van der Waals surface area contributed by atoms with Gasteiger partial charge < -0.3 is 14.7 Å². The number of nitrogens with zero attached hydrogens (tertiary/aromatic N) is 1. The number of hydrogen-bond donors (Lipinski definition) is 1. The van der Waals surface area contributed by atoms with Gasteiger partial charge in [-0.3, -0.25) is 9.59 Å². The normalized spacial score (nSPS) is 20.9. The molecule has 5 rings (SSSR count). The zero-order chi connectivity index (χ0) is 23.8. The number of ketones is 1. The van der Waals surface area contributed by atoms with Crippen molar-refractivity contribution in [2.45, 2.75) is 31.9 Å². The highest BCUT2D eigenvalue weighted by Crippen LogP contribution is 2.41. The predicted molar refractivity (Wildman–Crippen MR) is 131 cm³/mol. The number of fused-ring (bicyclic) bond motifs is 1. The third-order valence-electron chi connectivity index (χ3n) is 6.36. The topological polar surface area (TPSA) is 66.8 Å². The summed E-state index contributed by atoms with van der Waals surface area (Å²) in [6.07, 6.45) is 1.36. The van der Waals surface area contributed by atoms with Gasteiger partial charge in [-0.1, -0.05) is 54.1 Å². The Hall–Kier alpha value is -3.57. The molecule has 34 heavy (non-hydrogen) atoms. The van der Waals surface area contributed by atoms with Crippen LogP contribution in [-0.2, 0) is 22.4 Å². The van der Waals surface area contributed by atoms with Gasteiger partial charge in [0.2, 0.25) is 0 Å². The fraction of sp³-hybridized carbons (Fsp3) is 0.214. The summed E-state index contributed by atoms with van der Waals surface area (Å²) in [5, 5.41) is 11.8. The molecule has 172 valence electrons. The zero-order valence-corrected chi connectivity index (χ0v) is 19.5. The largest absolute Gasteiger partial charge is 0.507 e. The zero-order valence-electron chi connectivity index (χ0n) is 18.7. The Morgan fingerprint density at radius 3 is 2.62 bits per heavy atom. The second-order valence-corrected chi connectivity index (χ2v) is 9.17. The summed E-state index contributed by atoms with van der Waals surface area (Å²) in [6, 6.07) is 21.5. The van der Waals surface area contributed by atoms with E-state index >= 15 is 0 Å². The Balaban J connectivity index is 1.58. The summed E-state index contributed by atoms with van der Waals surface area (Å²) < 4.78 is 5.76. The van der Waals surface area contributed by atoms with Crippen LogP contribution in [0.25, 0.3) is 5.76 Å². The molecule has 0 unspecified atom stereocenters. The van der Waals surface area contributed by atoms with E-state index in [-0.39, 0.29) is 17.4 Å². The number of ether oxygens (including phenoxy) is 1. The number of aliphatic hydroxyl groups is 1. The summed E-state index contributed by atoms with van der Waals surface area (Å²) in [7, 11) is 0. The molecule has 1 amide bonds. The third kappa shape index (κ3) is 4.08. The first-order valence-corrected chi connectivity index (χ1v) is 11.7. The Labute approximate surface area is 203 Å². The highest BCUT2D eigenvalue weighted by atomic mass is 35.5. The van der Waals surface area contributed by atoms with Gasteiger partial charge in [0.25, 0.3) is 11.7 Å². The molecule has 6 heteroatoms. The first-order valence-electron chi connectivity index (χ1n) is 11.3. The van der Waals surface area contributed by atoms with E-state index in [1.807, 2.05) is 49.4 Å². The molecule has 3 aromatic rings. The van der Waals surface area contributed by atoms with Gasteiger partial charge in [0.05, 0.1) is 11.6 Å². The van der Waals surface area contributed by atoms with Gasteiger partial charge in [0.15, 0.2) is 0 Å². The van der Waals surface area contributed by atoms with Crippen molar-refractivity contribution in [3.8, 4) is 5.75 Å². The van der Waals surface area contributed by atoms with Gasteiger partial charge >= 0.3 is 0 Å². The van der Waals surface area contributed by atoms with E-state index in [1.54, 1.807) is 30.3 Å². The van der Waals surface area contributed by atoms with E-state index < -0.39 is 17.7 Å². The summed E-state index contributed by atoms with van der Waals surface area (Å²) in [5.41, 5.74) is 3.27. The predicted octanol–water partition coefficient (Wildman–Crippen LogP) is 5.33. The van der Waals surface area contributed by atoms with Crippen molar-refractivity contribution in [3.05, 3.63) is 106 Å². The number of carbonyl (C=O) groups excluding carboxylic acids is 2. The maximum Gasteiger partial charge on any atom is 0.295 e. The maximum absolute atomic E-state index is 13.2. The van der Waals surface area contributed by atoms with Crippen LogP contribution in [0, 0.1) is 0 Å². The Bertz CT molecular complexity index is 1300. The van der Waals surface area contributed by atoms with E-state index in [4.69, 9.17) is 16.3 Å². The molecular formula is C28H24ClNO4. The number of carbonyl (C=O) groups is 2. The molecule has 0 aliphatic carbocycles. The van der Waals surface area contributed by atoms with Crippen molar-refractivity contribution in [3.63, 3.8) is 0 Å². The van der Waals surface area contributed by atoms with E-state index in [0.717, 1.165) is 23.3 Å². The molecule has 1 saturated heterocycles. The van der Waals surface area contributed by atoms with Crippen LogP contribution in [0.3, 0.4) is 0 Å². The van der Waals surface area contributed by atoms with Gasteiger partial charge in [0.1, 0.15) is 17.6 Å². The SMILES string of the molecule is C[C@H]1Cc2cc(C(O)=C3C(=O)C(=O)N(CCc4ccccc4)[C@@H]3c3cccc(Cl)c3)ccc2O1. The minimum Gasteiger partial charge on any atom is -0.507 e. The third-order valence-corrected chi connectivity index (χ3v) is 6.59. The van der Waals surface area contributed by atoms with Gasteiger partial charge in [0, 0.05) is 23.6 Å². The molecule has 2 aliphatic rings. The highest BCUT2D eigenvalue weighted by Gasteiger charge is 2.46. The Kier molecular flexibility index (Phi) is 5.88. The Morgan fingerprint density at radius 1 is 1.06 bits per heavy atom. The summed E-state index contributed by atoms with van der Waals surface area (Å²) in [6.45, 7) is 2.31. The first-order chi connectivity index (χ1) is 16.4. The molecule has 0 saturated carbocycles. The van der Waals surface area contributed by atoms with Crippen molar-refractivity contribution in [1.29, 1.82) is 0 Å². The quantitative estimate of drug-likeness (QED) is 0.309. The van der Waals surface area contributed by atoms with Crippen molar-refractivity contribution in [1.82, 2.24) is 4.90 Å². The second kappa shape index (κ2) is 8.99. The molecule has 5 nitrogen and oxygen atoms in total. The fourth-order valence-corrected chi connectivity index (χ4v) is 4.95. The van der Waals surface area contributed by atoms with Crippen LogP contribution in [-0.4, -0.2) is 34.3 Å². The van der Waals surface area contributed by atoms with Crippen molar-refractivity contribution in [2.75, 3.05) is 6.54 Å². The van der Waals surface area contributed by atoms with Gasteiger partial charge in [-0.2, -0.15) is 0 Å². The summed E-state index contributed by atoms with van der Waals surface area (Å²) in [5.74, 6) is -0.729. The van der Waals surface area contributed by atoms with Crippen LogP contribution in [0.5, 0.6) is 5.75 Å². The van der Waals surface area contributed by atoms with Gasteiger partial charge in [-0.05, 0) is 60.4 Å². The minimum absolute atomic E-state index is 0.0578. The van der Waals surface area contributed by atoms with E-state index in [1.165, 1.54) is 4.90 Å². The standard InChI is InChI=1S/C28H24ClNO4/c1-17-14-21-15-20(10-11-23(21)34-17)26(31)24-25(19-8-5-9-22(29)16-19)30(28(33)27(24)32)13-12-18-6-3-2-4-7-18/h2-11,15-17,25,31H,12-14H2,1H3/t17-,25+/m0/s1. The summed E-state index contributed by atoms with van der Waals surface area (Å²) >= 11 is 6.26. The van der Waals surface area contributed by atoms with Crippen LogP contribution in [0.1, 0.15) is 35.2 Å². The monoisotopic (exact) mass is 473 g/mol. The van der Waals surface area contributed by atoms with Crippen LogP contribution in [0.15, 0.2) is 78.4 Å². The van der Waals surface area contributed by atoms with E-state index in [9.17, 15) is 14.7 Å². The number of benzene rings is 3. The number of Topliss-reactive ketones (excluding diaryl/α,β-unsaturated/α-hetero) is 1. The average Bonchev–Trinajstić information content (AvgIpc) is 3.33. The van der Waals surface area contributed by atoms with Gasteiger partial charge in [-0.15, -0.1) is 0 Å². The molecule has 2 heterocycles. The number of likely N-dealkylation sites (tertiary alicyclic amines) is 1. The lowest BCUT2D eigenvalue weighted by Gasteiger charge is -2.25. The lowest BCUT2D eigenvalue weighted by Crippen LogP contribution is -2.31. The molecule has 1 fully saturated rings. The molecule has 1 N–H and O–H groups in total. The first kappa shape index (κ1) is 22.2. The molecule has 2 atom stereocenters. The molecule has 0 spiro atoms. The van der Waals surface area contributed by atoms with Crippen LogP contribution in [0.2, 0.25) is 5.02 Å². The maximum atomic E-state index is 13.2. The fourth-order valence-electron chi connectivity index (χ4n) is 4.75. The average molecular weight is 474 g/mol. The summed E-state index contributed by atoms with van der Waals surface area (Å²) in [4.78, 5) is 27.9. The highest BCUT2D eigenvalue weighted by molar-refractivity contribution is 6.46. The van der Waals surface area contributed by atoms with E-state index in [2.05, 4.69) is 0 Å². The van der Waals surface area contributed by atoms with Crippen molar-refractivity contribution >= 4 is 29.1 Å². The molecule has 0 aromatic heterocycles. The number of rotatable bonds is 5. The second-order valence-electron chi connectivity index (χ2n) is 8.74. The number of aliphatic hydroxyl groups excluding tert-OH is 1. The van der Waals surface area contributed by atoms with Crippen LogP contribution in [0.4, 0.5) is 0 Å². The molecule has 0 bridgehead atoms. The van der Waals surface area contributed by atoms with Crippen LogP contribution < -0.4 is 4.74 Å². The van der Waals surface area contributed by atoms with Crippen molar-refractivity contribution < 1.29 is 19.4 Å². The van der Waals surface area contributed by atoms with Crippen molar-refractivity contribution in [2.24, 2.45) is 0 Å². The lowest BCUT2D eigenvalue weighted by atomic mass is 9.94. The number of halogens is 1. The number of hydrogen-bond acceptors (Lipinski definition) is 4. The molecule has 3 aromatic carbocycles. The molecule has 0 radical (unpaired) electrons. The number of amides is 1. The Morgan fingerprint density at radius 2 is 1.85 bits per heavy atom. The molecule has 2 aliphatic heterocycles. The minimum atomic E-state index is -0.731. The lowest BCUT2D eigenvalue weighted by molar-refractivity contribution is -0.139.